The van der Waals surface area contributed by atoms with E-state index in [2.05, 4.69) is 14.9 Å². The topological polar surface area (TPSA) is 95.4 Å². The Labute approximate surface area is 145 Å². The van der Waals surface area contributed by atoms with Crippen molar-refractivity contribution >= 4 is 9.84 Å². The van der Waals surface area contributed by atoms with Gasteiger partial charge in [-0.3, -0.25) is 0 Å². The number of ether oxygens (including phenoxy) is 1. The molecule has 11 heteroatoms. The maximum Gasteiger partial charge on any atom is 0.573 e. The van der Waals surface area contributed by atoms with Gasteiger partial charge in [-0.1, -0.05) is 5.16 Å². The normalized spacial score (nSPS) is 12.3. The molecule has 0 atom stereocenters. The van der Waals surface area contributed by atoms with Gasteiger partial charge < -0.3 is 13.7 Å². The highest BCUT2D eigenvalue weighted by Gasteiger charge is 2.31. The van der Waals surface area contributed by atoms with Gasteiger partial charge in [-0.2, -0.15) is 4.98 Å². The van der Waals surface area contributed by atoms with Crippen molar-refractivity contribution in [3.63, 3.8) is 0 Å². The monoisotopic (exact) mass is 388 g/mol. The van der Waals surface area contributed by atoms with E-state index in [0.29, 0.717) is 5.56 Å². The van der Waals surface area contributed by atoms with E-state index in [4.69, 9.17) is 8.94 Å². The van der Waals surface area contributed by atoms with Crippen molar-refractivity contribution in [1.29, 1.82) is 0 Å². The molecule has 1 aromatic carbocycles. The van der Waals surface area contributed by atoms with E-state index in [1.807, 2.05) is 0 Å². The molecule has 26 heavy (non-hydrogen) atoms. The van der Waals surface area contributed by atoms with E-state index in [-0.39, 0.29) is 23.2 Å². The quantitative estimate of drug-likeness (QED) is 0.639. The van der Waals surface area contributed by atoms with E-state index in [0.717, 1.165) is 12.1 Å². The molecule has 3 rings (SSSR count). The molecule has 0 radical (unpaired) electrons. The Bertz CT molecular complexity index is 964. The molecule has 0 bridgehead atoms. The Balaban J connectivity index is 1.69. The summed E-state index contributed by atoms with van der Waals surface area (Å²) in [5, 5.41) is 3.58. The first-order chi connectivity index (χ1) is 12.2. The summed E-state index contributed by atoms with van der Waals surface area (Å²) in [4.78, 5) is 3.95. The number of hydrogen-bond acceptors (Lipinski definition) is 7. The Morgan fingerprint density at radius 3 is 2.42 bits per heavy atom. The van der Waals surface area contributed by atoms with Gasteiger partial charge in [-0.25, -0.2) is 8.42 Å². The zero-order valence-electron chi connectivity index (χ0n) is 12.9. The van der Waals surface area contributed by atoms with Crippen LogP contribution < -0.4 is 4.74 Å². The number of aromatic nitrogens is 2. The van der Waals surface area contributed by atoms with Crippen molar-refractivity contribution in [2.45, 2.75) is 17.9 Å². The summed E-state index contributed by atoms with van der Waals surface area (Å²) in [6.07, 6.45) is -3.43. The predicted octanol–water partition coefficient (Wildman–Crippen LogP) is 3.34. The lowest BCUT2D eigenvalue weighted by molar-refractivity contribution is -0.274. The number of alkyl halides is 3. The Morgan fingerprint density at radius 1 is 1.08 bits per heavy atom. The fraction of sp³-hybridized carbons (Fsp3) is 0.200. The Hall–Kier alpha value is -2.82. The van der Waals surface area contributed by atoms with Crippen LogP contribution in [0.4, 0.5) is 13.2 Å². The molecule has 2 heterocycles. The summed E-state index contributed by atoms with van der Waals surface area (Å²) in [5.41, 5.74) is 0.321. The van der Waals surface area contributed by atoms with Gasteiger partial charge >= 0.3 is 6.36 Å². The maximum atomic E-state index is 12.1. The SMILES string of the molecule is O=S(=O)(Cc1noc(-c2ccc(OC(F)(F)F)cc2)n1)Cc1ccco1. The van der Waals surface area contributed by atoms with Crippen LogP contribution in [-0.4, -0.2) is 24.9 Å². The maximum absolute atomic E-state index is 12.1. The molecule has 0 saturated heterocycles. The number of halogens is 3. The highest BCUT2D eigenvalue weighted by molar-refractivity contribution is 7.89. The largest absolute Gasteiger partial charge is 0.573 e. The number of sulfone groups is 1. The second-order valence-electron chi connectivity index (χ2n) is 5.20. The predicted molar refractivity (Wildman–Crippen MR) is 81.5 cm³/mol. The van der Waals surface area contributed by atoms with Crippen molar-refractivity contribution in [2.24, 2.45) is 0 Å². The fourth-order valence-corrected chi connectivity index (χ4v) is 3.30. The summed E-state index contributed by atoms with van der Waals surface area (Å²) < 4.78 is 74.3. The molecular weight excluding hydrogens is 377 g/mol. The summed E-state index contributed by atoms with van der Waals surface area (Å²) in [7, 11) is -3.58. The van der Waals surface area contributed by atoms with Crippen LogP contribution in [0.15, 0.2) is 51.6 Å². The highest BCUT2D eigenvalue weighted by Crippen LogP contribution is 2.26. The van der Waals surface area contributed by atoms with Crippen LogP contribution in [0.25, 0.3) is 11.5 Å². The number of rotatable bonds is 6. The molecule has 7 nitrogen and oxygen atoms in total. The number of hydrogen-bond donors (Lipinski definition) is 0. The molecule has 0 aliphatic heterocycles. The first kappa shape index (κ1) is 18.0. The van der Waals surface area contributed by atoms with E-state index >= 15 is 0 Å². The average Bonchev–Trinajstić information content (AvgIpc) is 3.17. The second-order valence-corrected chi connectivity index (χ2v) is 7.26. The third kappa shape index (κ3) is 4.85. The van der Waals surface area contributed by atoms with Crippen LogP contribution in [0.5, 0.6) is 5.75 Å². The molecule has 3 aromatic rings. The average molecular weight is 388 g/mol. The summed E-state index contributed by atoms with van der Waals surface area (Å²) >= 11 is 0. The third-order valence-electron chi connectivity index (χ3n) is 3.09. The standard InChI is InChI=1S/C15H11F3N2O5S/c16-15(17,18)24-11-5-3-10(4-6-11)14-19-13(20-25-14)9-26(21,22)8-12-2-1-7-23-12/h1-7H,8-9H2. The first-order valence-corrected chi connectivity index (χ1v) is 8.94. The van der Waals surface area contributed by atoms with Crippen LogP contribution in [0, 0.1) is 0 Å². The summed E-state index contributed by atoms with van der Waals surface area (Å²) in [5.74, 6) is -0.982. The van der Waals surface area contributed by atoms with Gasteiger partial charge in [-0.15, -0.1) is 13.2 Å². The van der Waals surface area contributed by atoms with E-state index in [1.54, 1.807) is 6.07 Å². The molecule has 0 amide bonds. The van der Waals surface area contributed by atoms with Crippen molar-refractivity contribution in [1.82, 2.24) is 10.1 Å². The van der Waals surface area contributed by atoms with Crippen LogP contribution in [0.2, 0.25) is 0 Å². The highest BCUT2D eigenvalue weighted by atomic mass is 32.2. The summed E-state index contributed by atoms with van der Waals surface area (Å²) in [6, 6.07) is 7.85. The Kier molecular flexibility index (Phi) is 4.72. The molecule has 0 spiro atoms. The van der Waals surface area contributed by atoms with Crippen molar-refractivity contribution < 1.29 is 35.3 Å². The number of nitrogens with zero attached hydrogens (tertiary/aromatic N) is 2. The lowest BCUT2D eigenvalue weighted by Crippen LogP contribution is -2.16. The molecule has 0 unspecified atom stereocenters. The summed E-state index contributed by atoms with van der Waals surface area (Å²) in [6.45, 7) is 0. The molecule has 138 valence electrons. The van der Waals surface area contributed by atoms with Crippen LogP contribution in [-0.2, 0) is 21.3 Å². The van der Waals surface area contributed by atoms with E-state index < -0.39 is 27.7 Å². The fourth-order valence-electron chi connectivity index (χ4n) is 2.09. The first-order valence-electron chi connectivity index (χ1n) is 7.12. The van der Waals surface area contributed by atoms with Gasteiger partial charge in [0.05, 0.1) is 6.26 Å². The van der Waals surface area contributed by atoms with E-state index in [1.165, 1.54) is 24.5 Å². The van der Waals surface area contributed by atoms with E-state index in [9.17, 15) is 21.6 Å². The van der Waals surface area contributed by atoms with Crippen LogP contribution >= 0.6 is 0 Å². The molecule has 2 aromatic heterocycles. The van der Waals surface area contributed by atoms with Crippen molar-refractivity contribution in [3.8, 4) is 17.2 Å². The minimum absolute atomic E-state index is 0.0215. The molecule has 0 fully saturated rings. The number of furan rings is 1. The zero-order chi connectivity index (χ0) is 18.8. The molecular formula is C15H11F3N2O5S. The second kappa shape index (κ2) is 6.83. The Morgan fingerprint density at radius 2 is 1.81 bits per heavy atom. The van der Waals surface area contributed by atoms with Gasteiger partial charge in [0.2, 0.25) is 0 Å². The van der Waals surface area contributed by atoms with Crippen LogP contribution in [0.1, 0.15) is 11.6 Å². The number of benzene rings is 1. The van der Waals surface area contributed by atoms with Crippen molar-refractivity contribution in [3.05, 3.63) is 54.2 Å². The minimum Gasteiger partial charge on any atom is -0.468 e. The smallest absolute Gasteiger partial charge is 0.468 e. The third-order valence-corrected chi connectivity index (χ3v) is 4.52. The molecule has 0 saturated carbocycles. The van der Waals surface area contributed by atoms with Gasteiger partial charge in [0, 0.05) is 5.56 Å². The lowest BCUT2D eigenvalue weighted by Gasteiger charge is -2.08. The zero-order valence-corrected chi connectivity index (χ0v) is 13.7. The molecule has 0 aliphatic carbocycles. The van der Waals surface area contributed by atoms with Crippen LogP contribution in [0.3, 0.4) is 0 Å². The lowest BCUT2D eigenvalue weighted by atomic mass is 10.2. The van der Waals surface area contributed by atoms with Gasteiger partial charge in [0.15, 0.2) is 15.7 Å². The molecule has 0 N–H and O–H groups in total. The van der Waals surface area contributed by atoms with Gasteiger partial charge in [0.1, 0.15) is 23.0 Å². The van der Waals surface area contributed by atoms with Crippen molar-refractivity contribution in [2.75, 3.05) is 0 Å². The molecule has 0 aliphatic rings. The van der Waals surface area contributed by atoms with Gasteiger partial charge in [0.25, 0.3) is 5.89 Å². The minimum atomic E-state index is -4.79. The van der Waals surface area contributed by atoms with Gasteiger partial charge in [-0.05, 0) is 36.4 Å².